The number of ether oxygens (including phenoxy) is 1. The van der Waals surface area contributed by atoms with Crippen molar-refractivity contribution in [3.63, 3.8) is 0 Å². The molecule has 0 aromatic heterocycles. The number of para-hydroxylation sites is 2. The van der Waals surface area contributed by atoms with E-state index in [1.54, 1.807) is 7.11 Å². The van der Waals surface area contributed by atoms with Gasteiger partial charge in [0.15, 0.2) is 0 Å². The molecule has 2 aliphatic rings. The molecule has 1 aromatic rings. The third kappa shape index (κ3) is 4.74. The Morgan fingerprint density at radius 1 is 1.19 bits per heavy atom. The number of hydrogen-bond acceptors (Lipinski definition) is 5. The number of amides is 1. The van der Waals surface area contributed by atoms with Crippen LogP contribution in [-0.2, 0) is 4.79 Å². The first-order chi connectivity index (χ1) is 13.0. The molecule has 2 saturated heterocycles. The molecule has 3 rings (SSSR count). The molecule has 27 heavy (non-hydrogen) atoms. The molecule has 0 unspecified atom stereocenters. The van der Waals surface area contributed by atoms with Crippen LogP contribution in [0.2, 0.25) is 0 Å². The minimum absolute atomic E-state index is 0.0489. The third-order valence-corrected chi connectivity index (χ3v) is 5.76. The van der Waals surface area contributed by atoms with Crippen LogP contribution in [0.1, 0.15) is 26.7 Å². The number of rotatable bonds is 6. The predicted octanol–water partition coefficient (Wildman–Crippen LogP) is 1.83. The molecule has 2 atom stereocenters. The molecular formula is C21H33N3O3. The number of likely N-dealkylation sites (tertiary alicyclic amines) is 1. The van der Waals surface area contributed by atoms with E-state index in [9.17, 15) is 9.90 Å². The van der Waals surface area contributed by atoms with Gasteiger partial charge in [0.05, 0.1) is 24.9 Å². The Labute approximate surface area is 162 Å². The van der Waals surface area contributed by atoms with Crippen LogP contribution in [0, 0.1) is 5.92 Å². The zero-order valence-corrected chi connectivity index (χ0v) is 16.8. The normalized spacial score (nSPS) is 23.9. The molecule has 2 heterocycles. The van der Waals surface area contributed by atoms with Crippen molar-refractivity contribution in [3.05, 3.63) is 24.3 Å². The monoisotopic (exact) mass is 375 g/mol. The van der Waals surface area contributed by atoms with Crippen LogP contribution >= 0.6 is 0 Å². The van der Waals surface area contributed by atoms with Crippen LogP contribution in [0.15, 0.2) is 24.3 Å². The lowest BCUT2D eigenvalue weighted by Gasteiger charge is -2.40. The Balaban J connectivity index is 1.54. The SMILES string of the molecule is COc1ccccc1N1CCN([C@H]2CN(C(=O)CCC(C)C)C[C@@H]2O)CC1. The first kappa shape index (κ1) is 20.0. The van der Waals surface area contributed by atoms with Gasteiger partial charge in [-0.25, -0.2) is 0 Å². The van der Waals surface area contributed by atoms with E-state index in [0.717, 1.165) is 44.0 Å². The summed E-state index contributed by atoms with van der Waals surface area (Å²) in [4.78, 5) is 18.9. The highest BCUT2D eigenvalue weighted by Gasteiger charge is 2.38. The number of hydrogen-bond donors (Lipinski definition) is 1. The average Bonchev–Trinajstić information content (AvgIpc) is 3.08. The number of benzene rings is 1. The van der Waals surface area contributed by atoms with Gasteiger partial charge in [0.25, 0.3) is 0 Å². The summed E-state index contributed by atoms with van der Waals surface area (Å²) in [6.45, 7) is 8.94. The highest BCUT2D eigenvalue weighted by atomic mass is 16.5. The van der Waals surface area contributed by atoms with Gasteiger partial charge in [-0.2, -0.15) is 0 Å². The van der Waals surface area contributed by atoms with Crippen LogP contribution in [-0.4, -0.2) is 79.3 Å². The number of methoxy groups -OCH3 is 1. The number of β-amino-alcohol motifs (C(OH)–C–C–N with tert-alkyl or cyclic N) is 1. The maximum atomic E-state index is 12.4. The van der Waals surface area contributed by atoms with E-state index in [-0.39, 0.29) is 11.9 Å². The molecule has 2 aliphatic heterocycles. The van der Waals surface area contributed by atoms with Gasteiger partial charge in [0, 0.05) is 45.7 Å². The molecule has 1 amide bonds. The van der Waals surface area contributed by atoms with E-state index in [1.165, 1.54) is 0 Å². The van der Waals surface area contributed by atoms with Crippen molar-refractivity contribution in [1.29, 1.82) is 0 Å². The van der Waals surface area contributed by atoms with Crippen LogP contribution in [0.5, 0.6) is 5.75 Å². The summed E-state index contributed by atoms with van der Waals surface area (Å²) in [5, 5.41) is 10.5. The van der Waals surface area contributed by atoms with Crippen molar-refractivity contribution >= 4 is 11.6 Å². The second-order valence-electron chi connectivity index (χ2n) is 8.06. The van der Waals surface area contributed by atoms with Crippen molar-refractivity contribution in [2.45, 2.75) is 38.8 Å². The summed E-state index contributed by atoms with van der Waals surface area (Å²) in [6, 6.07) is 8.15. The highest BCUT2D eigenvalue weighted by molar-refractivity contribution is 5.76. The summed E-state index contributed by atoms with van der Waals surface area (Å²) in [5.41, 5.74) is 1.12. The number of anilines is 1. The van der Waals surface area contributed by atoms with Gasteiger partial charge in [-0.15, -0.1) is 0 Å². The fourth-order valence-electron chi connectivity index (χ4n) is 4.09. The van der Waals surface area contributed by atoms with Crippen molar-refractivity contribution in [2.24, 2.45) is 5.92 Å². The first-order valence-corrected chi connectivity index (χ1v) is 10.1. The Morgan fingerprint density at radius 2 is 1.89 bits per heavy atom. The van der Waals surface area contributed by atoms with E-state index in [4.69, 9.17) is 4.74 Å². The quantitative estimate of drug-likeness (QED) is 0.822. The first-order valence-electron chi connectivity index (χ1n) is 10.1. The van der Waals surface area contributed by atoms with Gasteiger partial charge in [-0.3, -0.25) is 9.69 Å². The minimum Gasteiger partial charge on any atom is -0.495 e. The number of nitrogens with zero attached hydrogens (tertiary/aromatic N) is 3. The zero-order valence-electron chi connectivity index (χ0n) is 16.8. The Kier molecular flexibility index (Phi) is 6.60. The number of aliphatic hydroxyl groups is 1. The van der Waals surface area contributed by atoms with E-state index < -0.39 is 6.10 Å². The summed E-state index contributed by atoms with van der Waals surface area (Å²) >= 11 is 0. The molecule has 0 bridgehead atoms. The highest BCUT2D eigenvalue weighted by Crippen LogP contribution is 2.29. The molecule has 6 nitrogen and oxygen atoms in total. The maximum absolute atomic E-state index is 12.4. The van der Waals surface area contributed by atoms with Gasteiger partial charge < -0.3 is 19.6 Å². The predicted molar refractivity (Wildman–Crippen MR) is 107 cm³/mol. The van der Waals surface area contributed by atoms with Crippen molar-refractivity contribution in [2.75, 3.05) is 51.3 Å². The standard InChI is InChI=1S/C21H33N3O3/c1-16(2)8-9-21(26)24-14-18(19(25)15-24)23-12-10-22(11-13-23)17-6-4-5-7-20(17)27-3/h4-7,16,18-19,25H,8-15H2,1-3H3/t18-,19-/m0/s1. The lowest BCUT2D eigenvalue weighted by Crippen LogP contribution is -2.53. The number of piperazine rings is 1. The third-order valence-electron chi connectivity index (χ3n) is 5.76. The zero-order chi connectivity index (χ0) is 19.4. The lowest BCUT2D eigenvalue weighted by atomic mass is 10.1. The van der Waals surface area contributed by atoms with Crippen molar-refractivity contribution < 1.29 is 14.6 Å². The fraction of sp³-hybridized carbons (Fsp3) is 0.667. The van der Waals surface area contributed by atoms with E-state index >= 15 is 0 Å². The van der Waals surface area contributed by atoms with Gasteiger partial charge in [0.1, 0.15) is 5.75 Å². The largest absolute Gasteiger partial charge is 0.495 e. The van der Waals surface area contributed by atoms with Crippen molar-refractivity contribution in [1.82, 2.24) is 9.80 Å². The maximum Gasteiger partial charge on any atom is 0.222 e. The van der Waals surface area contributed by atoms with Crippen LogP contribution in [0.4, 0.5) is 5.69 Å². The molecule has 6 heteroatoms. The number of carbonyl (C=O) groups is 1. The summed E-state index contributed by atoms with van der Waals surface area (Å²) < 4.78 is 5.48. The van der Waals surface area contributed by atoms with Crippen LogP contribution < -0.4 is 9.64 Å². The van der Waals surface area contributed by atoms with Crippen LogP contribution in [0.3, 0.4) is 0 Å². The Hall–Kier alpha value is -1.79. The molecular weight excluding hydrogens is 342 g/mol. The molecule has 0 radical (unpaired) electrons. The smallest absolute Gasteiger partial charge is 0.222 e. The molecule has 1 aromatic carbocycles. The Bertz CT molecular complexity index is 629. The average molecular weight is 376 g/mol. The van der Waals surface area contributed by atoms with E-state index in [0.29, 0.717) is 25.4 Å². The summed E-state index contributed by atoms with van der Waals surface area (Å²) in [7, 11) is 1.70. The van der Waals surface area contributed by atoms with Gasteiger partial charge >= 0.3 is 0 Å². The molecule has 0 aliphatic carbocycles. The van der Waals surface area contributed by atoms with E-state index in [2.05, 4.69) is 29.7 Å². The van der Waals surface area contributed by atoms with Crippen molar-refractivity contribution in [3.8, 4) is 5.75 Å². The number of carbonyl (C=O) groups excluding carboxylic acids is 1. The minimum atomic E-state index is -0.453. The molecule has 1 N–H and O–H groups in total. The summed E-state index contributed by atoms with van der Waals surface area (Å²) in [5.74, 6) is 1.60. The molecule has 0 spiro atoms. The second-order valence-corrected chi connectivity index (χ2v) is 8.06. The Morgan fingerprint density at radius 3 is 2.56 bits per heavy atom. The molecule has 2 fully saturated rings. The lowest BCUT2D eigenvalue weighted by molar-refractivity contribution is -0.130. The summed E-state index contributed by atoms with van der Waals surface area (Å²) in [6.07, 6.45) is 1.04. The van der Waals surface area contributed by atoms with Gasteiger partial charge in [-0.05, 0) is 24.5 Å². The molecule has 150 valence electrons. The van der Waals surface area contributed by atoms with Gasteiger partial charge in [-0.1, -0.05) is 26.0 Å². The fourth-order valence-corrected chi connectivity index (χ4v) is 4.09. The van der Waals surface area contributed by atoms with Gasteiger partial charge in [0.2, 0.25) is 5.91 Å². The topological polar surface area (TPSA) is 56.2 Å². The molecule has 0 saturated carbocycles. The van der Waals surface area contributed by atoms with E-state index in [1.807, 2.05) is 23.1 Å². The van der Waals surface area contributed by atoms with Crippen LogP contribution in [0.25, 0.3) is 0 Å². The number of aliphatic hydroxyl groups excluding tert-OH is 1. The second kappa shape index (κ2) is 8.93.